The van der Waals surface area contributed by atoms with E-state index in [2.05, 4.69) is 18.7 Å². The van der Waals surface area contributed by atoms with Crippen molar-refractivity contribution in [1.82, 2.24) is 0 Å². The van der Waals surface area contributed by atoms with Gasteiger partial charge in [0.15, 0.2) is 0 Å². The van der Waals surface area contributed by atoms with Crippen LogP contribution in [0.15, 0.2) is 23.6 Å². The van der Waals surface area contributed by atoms with Crippen molar-refractivity contribution in [1.29, 1.82) is 0 Å². The second-order valence-electron chi connectivity index (χ2n) is 2.57. The highest BCUT2D eigenvalue weighted by Gasteiger charge is 2.02. The van der Waals surface area contributed by atoms with E-state index in [9.17, 15) is 0 Å². The lowest BCUT2D eigenvalue weighted by Gasteiger charge is -2.09. The lowest BCUT2D eigenvalue weighted by molar-refractivity contribution is 0.289. The predicted octanol–water partition coefficient (Wildman–Crippen LogP) is 3.45. The smallest absolute Gasteiger partial charge is 0.0679 e. The van der Waals surface area contributed by atoms with E-state index in [0.29, 0.717) is 0 Å². The highest BCUT2D eigenvalue weighted by molar-refractivity contribution is 7.95. The van der Waals surface area contributed by atoms with Gasteiger partial charge < -0.3 is 4.18 Å². The maximum absolute atomic E-state index is 5.39. The van der Waals surface area contributed by atoms with E-state index in [1.54, 1.807) is 5.41 Å². The monoisotopic (exact) mass is 204 g/mol. The maximum atomic E-state index is 5.39. The molecule has 1 nitrogen and oxygen atoms in total. The highest BCUT2D eigenvalue weighted by atomic mass is 32.2. The molecule has 0 saturated heterocycles. The summed E-state index contributed by atoms with van der Waals surface area (Å²) in [5, 5.41) is 2.01. The van der Waals surface area contributed by atoms with Gasteiger partial charge in [-0.25, -0.2) is 0 Å². The summed E-state index contributed by atoms with van der Waals surface area (Å²) in [4.78, 5) is 0. The molecule has 0 aromatic rings. The molecule has 3 heteroatoms. The van der Waals surface area contributed by atoms with Crippen LogP contribution in [0.2, 0.25) is 0 Å². The van der Waals surface area contributed by atoms with Crippen molar-refractivity contribution in [2.75, 3.05) is 0 Å². The molecule has 0 radical (unpaired) electrons. The van der Waals surface area contributed by atoms with E-state index in [4.69, 9.17) is 4.18 Å². The molecule has 0 aromatic carbocycles. The molecule has 0 aliphatic heterocycles. The van der Waals surface area contributed by atoms with Gasteiger partial charge in [0, 0.05) is 12.0 Å². The molecule has 12 heavy (non-hydrogen) atoms. The van der Waals surface area contributed by atoms with Crippen molar-refractivity contribution in [3.8, 4) is 0 Å². The van der Waals surface area contributed by atoms with Gasteiger partial charge in [-0.3, -0.25) is 0 Å². The fraction of sp³-hybridized carbons (Fsp3) is 0.556. The molecular formula is C9H16OS2. The average molecular weight is 204 g/mol. The van der Waals surface area contributed by atoms with Crippen molar-refractivity contribution in [3.63, 3.8) is 0 Å². The van der Waals surface area contributed by atoms with Crippen LogP contribution in [0.4, 0.5) is 0 Å². The van der Waals surface area contributed by atoms with E-state index < -0.39 is 0 Å². The summed E-state index contributed by atoms with van der Waals surface area (Å²) in [6.45, 7) is 6.03. The third-order valence-corrected chi connectivity index (χ3v) is 2.22. The Morgan fingerprint density at radius 3 is 2.42 bits per heavy atom. The van der Waals surface area contributed by atoms with Crippen LogP contribution >= 0.6 is 24.7 Å². The van der Waals surface area contributed by atoms with Crippen LogP contribution in [0.3, 0.4) is 0 Å². The number of hydrogen-bond acceptors (Lipinski definition) is 3. The van der Waals surface area contributed by atoms with Gasteiger partial charge in [0.05, 0.1) is 11.4 Å². The molecule has 0 aliphatic carbocycles. The summed E-state index contributed by atoms with van der Waals surface area (Å²) in [5.41, 5.74) is 0. The zero-order valence-electron chi connectivity index (χ0n) is 7.73. The Morgan fingerprint density at radius 1 is 1.33 bits per heavy atom. The molecule has 1 atom stereocenters. The van der Waals surface area contributed by atoms with E-state index >= 15 is 0 Å². The van der Waals surface area contributed by atoms with Gasteiger partial charge in [-0.15, -0.1) is 0 Å². The first-order chi connectivity index (χ1) is 5.70. The summed E-state index contributed by atoms with van der Waals surface area (Å²) < 4.78 is 5.39. The third-order valence-electron chi connectivity index (χ3n) is 1.02. The molecule has 0 N–H and O–H groups in total. The molecule has 0 spiro atoms. The Hall–Kier alpha value is 0.140. The molecule has 0 heterocycles. The standard InChI is InChI=1S/C9H16OS2/c1-4-5-9(6-7-11)12-10-8(2)3/h4-9,11H,1-3H3. The second-order valence-corrected chi connectivity index (χ2v) is 3.80. The highest BCUT2D eigenvalue weighted by Crippen LogP contribution is 2.17. The van der Waals surface area contributed by atoms with Gasteiger partial charge in [-0.1, -0.05) is 18.2 Å². The molecule has 0 bridgehead atoms. The van der Waals surface area contributed by atoms with Gasteiger partial charge in [0.1, 0.15) is 0 Å². The number of thiol groups is 1. The van der Waals surface area contributed by atoms with Crippen molar-refractivity contribution in [3.05, 3.63) is 23.6 Å². The first-order valence-electron chi connectivity index (χ1n) is 3.96. The fourth-order valence-corrected chi connectivity index (χ4v) is 1.59. The first kappa shape index (κ1) is 12.1. The molecule has 0 amide bonds. The Morgan fingerprint density at radius 2 is 2.00 bits per heavy atom. The Balaban J connectivity index is 3.79. The lowest BCUT2D eigenvalue weighted by Crippen LogP contribution is -2.00. The average Bonchev–Trinajstić information content (AvgIpc) is 2.01. The summed E-state index contributed by atoms with van der Waals surface area (Å²) in [7, 11) is 0. The van der Waals surface area contributed by atoms with Crippen molar-refractivity contribution in [2.45, 2.75) is 32.1 Å². The van der Waals surface area contributed by atoms with Crippen LogP contribution < -0.4 is 0 Å². The van der Waals surface area contributed by atoms with Crippen molar-refractivity contribution >= 4 is 24.7 Å². The van der Waals surface area contributed by atoms with Crippen molar-refractivity contribution in [2.24, 2.45) is 0 Å². The van der Waals surface area contributed by atoms with Crippen LogP contribution in [0, 0.1) is 0 Å². The molecule has 0 rings (SSSR count). The van der Waals surface area contributed by atoms with Gasteiger partial charge >= 0.3 is 0 Å². The second kappa shape index (κ2) is 7.77. The first-order valence-corrected chi connectivity index (χ1v) is 5.28. The molecule has 70 valence electrons. The van der Waals surface area contributed by atoms with Gasteiger partial charge in [0.2, 0.25) is 0 Å². The normalized spacial score (nSPS) is 15.1. The van der Waals surface area contributed by atoms with Crippen LogP contribution in [-0.2, 0) is 4.18 Å². The van der Waals surface area contributed by atoms with E-state index in [0.717, 1.165) is 0 Å². The minimum atomic E-state index is 0.260. The zero-order valence-corrected chi connectivity index (χ0v) is 9.44. The number of hydrogen-bond donors (Lipinski definition) is 1. The van der Waals surface area contributed by atoms with E-state index in [1.807, 2.05) is 32.9 Å². The quantitative estimate of drug-likeness (QED) is 0.417. The van der Waals surface area contributed by atoms with Crippen LogP contribution in [0.5, 0.6) is 0 Å². The molecule has 0 fully saturated rings. The minimum absolute atomic E-state index is 0.260. The molecule has 1 unspecified atom stereocenters. The molecule has 0 saturated carbocycles. The fourth-order valence-electron chi connectivity index (χ4n) is 0.578. The summed E-state index contributed by atoms with van der Waals surface area (Å²) in [5.74, 6) is 0. The van der Waals surface area contributed by atoms with E-state index in [-0.39, 0.29) is 11.4 Å². The third kappa shape index (κ3) is 6.83. The summed E-state index contributed by atoms with van der Waals surface area (Å²) in [6, 6.07) is 0. The molecule has 0 aliphatic rings. The zero-order chi connectivity index (χ0) is 9.40. The Bertz CT molecular complexity index is 141. The van der Waals surface area contributed by atoms with Crippen LogP contribution in [-0.4, -0.2) is 11.4 Å². The van der Waals surface area contributed by atoms with E-state index in [1.165, 1.54) is 12.0 Å². The van der Waals surface area contributed by atoms with Gasteiger partial charge in [-0.05, 0) is 26.2 Å². The van der Waals surface area contributed by atoms with Gasteiger partial charge in [0.25, 0.3) is 0 Å². The SMILES string of the molecule is CC=CC(C=CS)SOC(C)C. The van der Waals surface area contributed by atoms with Crippen molar-refractivity contribution < 1.29 is 4.18 Å². The lowest BCUT2D eigenvalue weighted by atomic mass is 10.4. The van der Waals surface area contributed by atoms with Crippen LogP contribution in [0.25, 0.3) is 0 Å². The maximum Gasteiger partial charge on any atom is 0.0679 e. The number of allylic oxidation sites excluding steroid dienone is 1. The molecule has 0 aromatic heterocycles. The summed E-state index contributed by atoms with van der Waals surface area (Å²) >= 11 is 5.47. The minimum Gasteiger partial charge on any atom is -0.312 e. The summed E-state index contributed by atoms with van der Waals surface area (Å²) in [6.07, 6.45) is 6.32. The topological polar surface area (TPSA) is 9.23 Å². The van der Waals surface area contributed by atoms with Gasteiger partial charge in [-0.2, -0.15) is 12.6 Å². The Labute approximate surface area is 84.9 Å². The molecular weight excluding hydrogens is 188 g/mol. The number of rotatable bonds is 5. The Kier molecular flexibility index (Phi) is 7.86. The van der Waals surface area contributed by atoms with Crippen LogP contribution in [0.1, 0.15) is 20.8 Å². The largest absolute Gasteiger partial charge is 0.312 e. The predicted molar refractivity (Wildman–Crippen MR) is 60.5 cm³/mol.